The van der Waals surface area contributed by atoms with Crippen LogP contribution in [0, 0.1) is 13.8 Å². The third kappa shape index (κ3) is 2.84. The first kappa shape index (κ1) is 12.5. The number of nitrogens with zero attached hydrogens (tertiary/aromatic N) is 1. The van der Waals surface area contributed by atoms with Gasteiger partial charge in [0.2, 0.25) is 0 Å². The van der Waals surface area contributed by atoms with Crippen molar-refractivity contribution in [3.05, 3.63) is 53.3 Å². The molecular formula is C14H15N3S. The smallest absolute Gasteiger partial charge is 0.122 e. The van der Waals surface area contributed by atoms with E-state index in [0.29, 0.717) is 10.7 Å². The SMILES string of the molecule is Cc1ccc(Nc2ccnc(C(N)=S)c2)cc1C. The molecule has 3 N–H and O–H groups in total. The van der Waals surface area contributed by atoms with E-state index in [2.05, 4.69) is 36.3 Å². The predicted octanol–water partition coefficient (Wildman–Crippen LogP) is 3.08. The van der Waals surface area contributed by atoms with Gasteiger partial charge in [-0.1, -0.05) is 18.3 Å². The Morgan fingerprint density at radius 3 is 2.50 bits per heavy atom. The Bertz CT molecular complexity index is 593. The van der Waals surface area contributed by atoms with Crippen LogP contribution in [0.15, 0.2) is 36.5 Å². The van der Waals surface area contributed by atoms with Crippen LogP contribution in [0.3, 0.4) is 0 Å². The Morgan fingerprint density at radius 1 is 1.11 bits per heavy atom. The molecule has 1 aromatic carbocycles. The maximum absolute atomic E-state index is 5.56. The summed E-state index contributed by atoms with van der Waals surface area (Å²) in [4.78, 5) is 4.41. The predicted molar refractivity (Wildman–Crippen MR) is 79.3 cm³/mol. The number of aromatic nitrogens is 1. The number of rotatable bonds is 3. The first-order valence-corrected chi connectivity index (χ1v) is 6.07. The van der Waals surface area contributed by atoms with Gasteiger partial charge >= 0.3 is 0 Å². The van der Waals surface area contributed by atoms with Crippen LogP contribution in [0.4, 0.5) is 11.4 Å². The fourth-order valence-corrected chi connectivity index (χ4v) is 1.74. The van der Waals surface area contributed by atoms with E-state index in [-0.39, 0.29) is 0 Å². The number of hydrogen-bond acceptors (Lipinski definition) is 3. The number of hydrogen-bond donors (Lipinski definition) is 2. The third-order valence-electron chi connectivity index (χ3n) is 2.81. The van der Waals surface area contributed by atoms with Gasteiger partial charge in [-0.05, 0) is 49.2 Å². The van der Waals surface area contributed by atoms with Gasteiger partial charge in [-0.15, -0.1) is 0 Å². The van der Waals surface area contributed by atoms with Gasteiger partial charge < -0.3 is 11.1 Å². The largest absolute Gasteiger partial charge is 0.388 e. The lowest BCUT2D eigenvalue weighted by molar-refractivity contribution is 1.28. The second-order valence-corrected chi connectivity index (χ2v) is 4.66. The highest BCUT2D eigenvalue weighted by Crippen LogP contribution is 2.19. The lowest BCUT2D eigenvalue weighted by Crippen LogP contribution is -2.11. The molecule has 0 aliphatic rings. The van der Waals surface area contributed by atoms with Gasteiger partial charge in [-0.25, -0.2) is 0 Å². The number of benzene rings is 1. The third-order valence-corrected chi connectivity index (χ3v) is 3.02. The molecule has 2 rings (SSSR count). The molecule has 1 heterocycles. The summed E-state index contributed by atoms with van der Waals surface area (Å²) in [5, 5.41) is 3.31. The average Bonchev–Trinajstić information content (AvgIpc) is 2.34. The topological polar surface area (TPSA) is 50.9 Å². The van der Waals surface area contributed by atoms with Gasteiger partial charge in [-0.3, -0.25) is 4.98 Å². The van der Waals surface area contributed by atoms with Gasteiger partial charge in [0.25, 0.3) is 0 Å². The number of nitrogens with two attached hydrogens (primary N) is 1. The van der Waals surface area contributed by atoms with Gasteiger partial charge in [-0.2, -0.15) is 0 Å². The van der Waals surface area contributed by atoms with Crippen LogP contribution in [0.25, 0.3) is 0 Å². The molecule has 0 amide bonds. The molecule has 92 valence electrons. The summed E-state index contributed by atoms with van der Waals surface area (Å²) in [6.07, 6.45) is 1.69. The van der Waals surface area contributed by atoms with Crippen molar-refractivity contribution in [1.29, 1.82) is 0 Å². The highest BCUT2D eigenvalue weighted by molar-refractivity contribution is 7.80. The lowest BCUT2D eigenvalue weighted by Gasteiger charge is -2.09. The number of thiocarbonyl (C=S) groups is 1. The van der Waals surface area contributed by atoms with E-state index < -0.39 is 0 Å². The highest BCUT2D eigenvalue weighted by Gasteiger charge is 2.01. The minimum absolute atomic E-state index is 0.304. The second-order valence-electron chi connectivity index (χ2n) is 4.22. The first-order chi connectivity index (χ1) is 8.56. The molecule has 0 bridgehead atoms. The fourth-order valence-electron chi connectivity index (χ4n) is 1.63. The van der Waals surface area contributed by atoms with Gasteiger partial charge in [0, 0.05) is 17.6 Å². The van der Waals surface area contributed by atoms with Crippen molar-refractivity contribution >= 4 is 28.6 Å². The Kier molecular flexibility index (Phi) is 3.58. The Balaban J connectivity index is 2.25. The molecule has 0 spiro atoms. The Hall–Kier alpha value is -1.94. The number of nitrogens with one attached hydrogen (secondary N) is 1. The summed E-state index contributed by atoms with van der Waals surface area (Å²) in [6, 6.07) is 9.97. The van der Waals surface area contributed by atoms with Crippen LogP contribution < -0.4 is 11.1 Å². The molecule has 0 atom stereocenters. The maximum atomic E-state index is 5.56. The Morgan fingerprint density at radius 2 is 1.83 bits per heavy atom. The zero-order valence-electron chi connectivity index (χ0n) is 10.4. The summed E-state index contributed by atoms with van der Waals surface area (Å²) in [5.41, 5.74) is 10.7. The molecule has 1 aromatic heterocycles. The number of anilines is 2. The number of pyridine rings is 1. The number of aryl methyl sites for hydroxylation is 2. The highest BCUT2D eigenvalue weighted by atomic mass is 32.1. The van der Waals surface area contributed by atoms with Crippen molar-refractivity contribution in [2.24, 2.45) is 5.73 Å². The van der Waals surface area contributed by atoms with E-state index >= 15 is 0 Å². The zero-order valence-corrected chi connectivity index (χ0v) is 11.2. The van der Waals surface area contributed by atoms with E-state index in [1.165, 1.54) is 11.1 Å². The quantitative estimate of drug-likeness (QED) is 0.830. The van der Waals surface area contributed by atoms with Gasteiger partial charge in [0.1, 0.15) is 4.99 Å². The van der Waals surface area contributed by atoms with E-state index in [0.717, 1.165) is 11.4 Å². The summed E-state index contributed by atoms with van der Waals surface area (Å²) >= 11 is 4.91. The molecule has 18 heavy (non-hydrogen) atoms. The summed E-state index contributed by atoms with van der Waals surface area (Å²) in [5.74, 6) is 0. The lowest BCUT2D eigenvalue weighted by atomic mass is 10.1. The minimum atomic E-state index is 0.304. The van der Waals surface area contributed by atoms with Crippen LogP contribution in [0.1, 0.15) is 16.8 Å². The standard InChI is InChI=1S/C14H15N3S/c1-9-3-4-11(7-10(9)2)17-12-5-6-16-13(8-12)14(15)18/h3-8H,1-2H3,(H2,15,18)(H,16,17). The normalized spacial score (nSPS) is 10.1. The minimum Gasteiger partial charge on any atom is -0.388 e. The van der Waals surface area contributed by atoms with Crippen LogP contribution in [-0.4, -0.2) is 9.97 Å². The monoisotopic (exact) mass is 257 g/mol. The summed E-state index contributed by atoms with van der Waals surface area (Å²) < 4.78 is 0. The molecule has 2 aromatic rings. The molecule has 4 heteroatoms. The first-order valence-electron chi connectivity index (χ1n) is 5.66. The van der Waals surface area contributed by atoms with Crippen LogP contribution in [-0.2, 0) is 0 Å². The Labute approximate surface area is 112 Å². The van der Waals surface area contributed by atoms with Crippen molar-refractivity contribution in [1.82, 2.24) is 4.98 Å². The van der Waals surface area contributed by atoms with Crippen LogP contribution >= 0.6 is 12.2 Å². The fraction of sp³-hybridized carbons (Fsp3) is 0.143. The van der Waals surface area contributed by atoms with E-state index in [9.17, 15) is 0 Å². The molecule has 0 saturated carbocycles. The molecule has 0 saturated heterocycles. The van der Waals surface area contributed by atoms with Crippen molar-refractivity contribution in [3.8, 4) is 0 Å². The molecule has 3 nitrogen and oxygen atoms in total. The van der Waals surface area contributed by atoms with E-state index in [1.807, 2.05) is 18.2 Å². The van der Waals surface area contributed by atoms with Crippen molar-refractivity contribution < 1.29 is 0 Å². The van der Waals surface area contributed by atoms with E-state index in [1.54, 1.807) is 6.20 Å². The average molecular weight is 257 g/mol. The van der Waals surface area contributed by atoms with Crippen molar-refractivity contribution in [2.75, 3.05) is 5.32 Å². The van der Waals surface area contributed by atoms with Crippen molar-refractivity contribution in [3.63, 3.8) is 0 Å². The van der Waals surface area contributed by atoms with Crippen LogP contribution in [0.2, 0.25) is 0 Å². The second kappa shape index (κ2) is 5.14. The van der Waals surface area contributed by atoms with Crippen LogP contribution in [0.5, 0.6) is 0 Å². The summed E-state index contributed by atoms with van der Waals surface area (Å²) in [6.45, 7) is 4.18. The molecule has 0 fully saturated rings. The van der Waals surface area contributed by atoms with Gasteiger partial charge in [0.05, 0.1) is 5.69 Å². The molecular weight excluding hydrogens is 242 g/mol. The summed E-state index contributed by atoms with van der Waals surface area (Å²) in [7, 11) is 0. The maximum Gasteiger partial charge on any atom is 0.122 e. The zero-order chi connectivity index (χ0) is 13.1. The molecule has 0 aliphatic heterocycles. The molecule has 0 radical (unpaired) electrons. The van der Waals surface area contributed by atoms with Crippen molar-refractivity contribution in [2.45, 2.75) is 13.8 Å². The molecule has 0 aliphatic carbocycles. The molecule has 0 unspecified atom stereocenters. The van der Waals surface area contributed by atoms with E-state index in [4.69, 9.17) is 18.0 Å². The van der Waals surface area contributed by atoms with Gasteiger partial charge in [0.15, 0.2) is 0 Å².